The van der Waals surface area contributed by atoms with Gasteiger partial charge in [-0.25, -0.2) is 8.42 Å². The van der Waals surface area contributed by atoms with E-state index in [0.717, 1.165) is 11.1 Å². The summed E-state index contributed by atoms with van der Waals surface area (Å²) >= 11 is 6.16. The molecule has 0 bridgehead atoms. The molecule has 0 saturated carbocycles. The van der Waals surface area contributed by atoms with Gasteiger partial charge in [-0.05, 0) is 55.3 Å². The Kier molecular flexibility index (Phi) is 5.87. The van der Waals surface area contributed by atoms with Crippen LogP contribution < -0.4 is 10.0 Å². The quantitative estimate of drug-likeness (QED) is 0.753. The van der Waals surface area contributed by atoms with Gasteiger partial charge < -0.3 is 5.32 Å². The van der Waals surface area contributed by atoms with Gasteiger partial charge in [0.25, 0.3) is 15.9 Å². The molecular formula is C18H19ClN2O3S. The van der Waals surface area contributed by atoms with Crippen LogP contribution in [-0.4, -0.2) is 20.9 Å². The Morgan fingerprint density at radius 2 is 1.84 bits per heavy atom. The van der Waals surface area contributed by atoms with E-state index < -0.39 is 10.0 Å². The molecule has 2 aromatic carbocycles. The molecule has 0 saturated heterocycles. The van der Waals surface area contributed by atoms with Gasteiger partial charge in [0.05, 0.1) is 15.6 Å². The van der Waals surface area contributed by atoms with E-state index in [1.54, 1.807) is 19.1 Å². The molecule has 0 aliphatic heterocycles. The lowest BCUT2D eigenvalue weighted by atomic mass is 10.1. The van der Waals surface area contributed by atoms with Gasteiger partial charge in [-0.15, -0.1) is 6.58 Å². The van der Waals surface area contributed by atoms with Crippen molar-refractivity contribution in [3.63, 3.8) is 0 Å². The summed E-state index contributed by atoms with van der Waals surface area (Å²) in [5.74, 6) is -0.297. The van der Waals surface area contributed by atoms with Gasteiger partial charge in [-0.3, -0.25) is 9.52 Å². The Labute approximate surface area is 152 Å². The van der Waals surface area contributed by atoms with Crippen LogP contribution in [0.1, 0.15) is 21.5 Å². The van der Waals surface area contributed by atoms with Gasteiger partial charge in [-0.2, -0.15) is 0 Å². The minimum absolute atomic E-state index is 0.0452. The minimum atomic E-state index is -3.81. The van der Waals surface area contributed by atoms with Crippen LogP contribution in [0.25, 0.3) is 0 Å². The van der Waals surface area contributed by atoms with E-state index >= 15 is 0 Å². The number of sulfonamides is 1. The van der Waals surface area contributed by atoms with Crippen molar-refractivity contribution in [1.82, 2.24) is 5.32 Å². The van der Waals surface area contributed by atoms with Crippen molar-refractivity contribution < 1.29 is 13.2 Å². The first-order valence-corrected chi connectivity index (χ1v) is 9.39. The highest BCUT2D eigenvalue weighted by Crippen LogP contribution is 2.29. The zero-order valence-corrected chi connectivity index (χ0v) is 15.5. The van der Waals surface area contributed by atoms with Crippen LogP contribution >= 0.6 is 11.6 Å². The second kappa shape index (κ2) is 7.72. The summed E-state index contributed by atoms with van der Waals surface area (Å²) in [7, 11) is -3.81. The second-order valence-electron chi connectivity index (χ2n) is 5.57. The lowest BCUT2D eigenvalue weighted by Crippen LogP contribution is -2.23. The van der Waals surface area contributed by atoms with E-state index in [0.29, 0.717) is 22.8 Å². The number of nitrogens with one attached hydrogen (secondary N) is 2. The summed E-state index contributed by atoms with van der Waals surface area (Å²) < 4.78 is 27.6. The topological polar surface area (TPSA) is 75.3 Å². The average molecular weight is 379 g/mol. The first-order valence-electron chi connectivity index (χ1n) is 7.53. The van der Waals surface area contributed by atoms with Gasteiger partial charge in [-0.1, -0.05) is 23.7 Å². The SMILES string of the molecule is C=CCNC(=O)c1ccc(S(=O)(=O)Nc2c(C)cc(C)cc2Cl)cc1. The molecule has 0 heterocycles. The van der Waals surface area contributed by atoms with Gasteiger partial charge >= 0.3 is 0 Å². The van der Waals surface area contributed by atoms with Crippen LogP contribution in [0.15, 0.2) is 53.9 Å². The Morgan fingerprint density at radius 3 is 2.40 bits per heavy atom. The maximum absolute atomic E-state index is 12.6. The monoisotopic (exact) mass is 378 g/mol. The number of hydrogen-bond acceptors (Lipinski definition) is 3. The molecule has 0 atom stereocenters. The fourth-order valence-corrected chi connectivity index (χ4v) is 3.87. The smallest absolute Gasteiger partial charge is 0.261 e. The highest BCUT2D eigenvalue weighted by atomic mass is 35.5. The Balaban J connectivity index is 2.26. The summed E-state index contributed by atoms with van der Waals surface area (Å²) in [6.07, 6.45) is 1.56. The van der Waals surface area contributed by atoms with Crippen molar-refractivity contribution in [1.29, 1.82) is 0 Å². The van der Waals surface area contributed by atoms with Gasteiger partial charge in [0, 0.05) is 12.1 Å². The Morgan fingerprint density at radius 1 is 1.20 bits per heavy atom. The van der Waals surface area contributed by atoms with Crippen LogP contribution in [0.5, 0.6) is 0 Å². The average Bonchev–Trinajstić information content (AvgIpc) is 2.56. The number of halogens is 1. The van der Waals surface area contributed by atoms with Crippen LogP contribution in [0.2, 0.25) is 5.02 Å². The lowest BCUT2D eigenvalue weighted by Gasteiger charge is -2.13. The highest BCUT2D eigenvalue weighted by Gasteiger charge is 2.18. The first-order chi connectivity index (χ1) is 11.7. The summed E-state index contributed by atoms with van der Waals surface area (Å²) in [6, 6.07) is 9.20. The fourth-order valence-electron chi connectivity index (χ4n) is 2.29. The molecule has 0 aliphatic rings. The van der Waals surface area contributed by atoms with Crippen LogP contribution in [0.4, 0.5) is 5.69 Å². The first kappa shape index (κ1) is 19.0. The molecule has 2 rings (SSSR count). The third kappa shape index (κ3) is 4.61. The zero-order chi connectivity index (χ0) is 18.6. The molecule has 0 aromatic heterocycles. The molecule has 7 heteroatoms. The molecule has 0 spiro atoms. The maximum atomic E-state index is 12.6. The number of rotatable bonds is 6. The highest BCUT2D eigenvalue weighted by molar-refractivity contribution is 7.92. The number of benzene rings is 2. The summed E-state index contributed by atoms with van der Waals surface area (Å²) in [4.78, 5) is 11.9. The van der Waals surface area contributed by atoms with Crippen LogP contribution in [-0.2, 0) is 10.0 Å². The molecular weight excluding hydrogens is 360 g/mol. The summed E-state index contributed by atoms with van der Waals surface area (Å²) in [5, 5.41) is 2.96. The van der Waals surface area contributed by atoms with Gasteiger partial charge in [0.1, 0.15) is 0 Å². The van der Waals surface area contributed by atoms with Crippen molar-refractivity contribution in [3.05, 3.63) is 70.8 Å². The molecule has 1 amide bonds. The molecule has 0 fully saturated rings. The fraction of sp³-hybridized carbons (Fsp3) is 0.167. The number of anilines is 1. The van der Waals surface area contributed by atoms with Crippen molar-refractivity contribution in [2.75, 3.05) is 11.3 Å². The zero-order valence-electron chi connectivity index (χ0n) is 14.0. The summed E-state index contributed by atoms with van der Waals surface area (Å²) in [5.41, 5.74) is 2.39. The Bertz CT molecular complexity index is 883. The molecule has 132 valence electrons. The largest absolute Gasteiger partial charge is 0.349 e. The normalized spacial score (nSPS) is 11.0. The second-order valence-corrected chi connectivity index (χ2v) is 7.66. The van der Waals surface area contributed by atoms with E-state index in [2.05, 4.69) is 16.6 Å². The van der Waals surface area contributed by atoms with E-state index in [4.69, 9.17) is 11.6 Å². The van der Waals surface area contributed by atoms with Gasteiger partial charge in [0.15, 0.2) is 0 Å². The minimum Gasteiger partial charge on any atom is -0.349 e. The number of hydrogen-bond donors (Lipinski definition) is 2. The number of carbonyl (C=O) groups is 1. The molecule has 2 aromatic rings. The lowest BCUT2D eigenvalue weighted by molar-refractivity contribution is 0.0958. The molecule has 2 N–H and O–H groups in total. The van der Waals surface area contributed by atoms with Crippen molar-refractivity contribution in [2.24, 2.45) is 0 Å². The van der Waals surface area contributed by atoms with E-state index in [1.807, 2.05) is 13.0 Å². The standard InChI is InChI=1S/C18H19ClN2O3S/c1-4-9-20-18(22)14-5-7-15(8-6-14)25(23,24)21-17-13(3)10-12(2)11-16(17)19/h4-8,10-11,21H,1,9H2,2-3H3,(H,20,22). The third-order valence-electron chi connectivity index (χ3n) is 3.50. The molecule has 0 radical (unpaired) electrons. The van der Waals surface area contributed by atoms with E-state index in [-0.39, 0.29) is 10.8 Å². The number of carbonyl (C=O) groups excluding carboxylic acids is 1. The molecule has 25 heavy (non-hydrogen) atoms. The number of aryl methyl sites for hydroxylation is 2. The maximum Gasteiger partial charge on any atom is 0.261 e. The predicted octanol–water partition coefficient (Wildman–Crippen LogP) is 3.67. The van der Waals surface area contributed by atoms with Crippen molar-refractivity contribution in [2.45, 2.75) is 18.7 Å². The summed E-state index contributed by atoms with van der Waals surface area (Å²) in [6.45, 7) is 7.52. The van der Waals surface area contributed by atoms with Crippen molar-refractivity contribution >= 4 is 33.2 Å². The van der Waals surface area contributed by atoms with Crippen molar-refractivity contribution in [3.8, 4) is 0 Å². The predicted molar refractivity (Wildman–Crippen MR) is 101 cm³/mol. The third-order valence-corrected chi connectivity index (χ3v) is 5.17. The Hall–Kier alpha value is -2.31. The van der Waals surface area contributed by atoms with Gasteiger partial charge in [0.2, 0.25) is 0 Å². The molecule has 5 nitrogen and oxygen atoms in total. The number of amides is 1. The van der Waals surface area contributed by atoms with Crippen LogP contribution in [0, 0.1) is 13.8 Å². The molecule has 0 aliphatic carbocycles. The molecule has 0 unspecified atom stereocenters. The van der Waals surface area contributed by atoms with E-state index in [1.165, 1.54) is 24.3 Å². The van der Waals surface area contributed by atoms with Crippen LogP contribution in [0.3, 0.4) is 0 Å². The van der Waals surface area contributed by atoms with E-state index in [9.17, 15) is 13.2 Å².